The van der Waals surface area contributed by atoms with Gasteiger partial charge in [-0.15, -0.1) is 23.1 Å². The summed E-state index contributed by atoms with van der Waals surface area (Å²) in [6.07, 6.45) is 0. The van der Waals surface area contributed by atoms with Crippen molar-refractivity contribution in [3.8, 4) is 0 Å². The molecule has 0 saturated carbocycles. The van der Waals surface area contributed by atoms with E-state index in [1.54, 1.807) is 29.2 Å². The van der Waals surface area contributed by atoms with Crippen LogP contribution in [0.25, 0.3) is 0 Å². The zero-order valence-corrected chi connectivity index (χ0v) is 13.9. The van der Waals surface area contributed by atoms with E-state index in [-0.39, 0.29) is 5.25 Å². The number of hydrogen-bond acceptors (Lipinski definition) is 3. The van der Waals surface area contributed by atoms with Crippen molar-refractivity contribution in [2.75, 3.05) is 6.54 Å². The number of halogens is 3. The third-order valence-corrected chi connectivity index (χ3v) is 6.24. The average Bonchev–Trinajstić information content (AvgIpc) is 2.77. The van der Waals surface area contributed by atoms with Crippen LogP contribution in [0.3, 0.4) is 0 Å². The Hall–Kier alpha value is 0.290. The summed E-state index contributed by atoms with van der Waals surface area (Å²) in [5, 5.41) is 3.64. The van der Waals surface area contributed by atoms with Crippen LogP contribution in [0.4, 0.5) is 0 Å². The van der Waals surface area contributed by atoms with Crippen LogP contribution in [0.15, 0.2) is 39.0 Å². The highest BCUT2D eigenvalue weighted by atomic mass is 79.9. The molecule has 1 atom stereocenters. The topological polar surface area (TPSA) is 26.0 Å². The molecule has 1 aromatic heterocycles. The molecule has 0 saturated heterocycles. The largest absolute Gasteiger partial charge is 0.329 e. The van der Waals surface area contributed by atoms with Gasteiger partial charge in [0.1, 0.15) is 0 Å². The molecule has 0 spiro atoms. The van der Waals surface area contributed by atoms with Crippen molar-refractivity contribution in [1.82, 2.24) is 0 Å². The third kappa shape index (κ3) is 3.65. The van der Waals surface area contributed by atoms with Gasteiger partial charge in [-0.3, -0.25) is 0 Å². The molecule has 2 rings (SSSR count). The quantitative estimate of drug-likeness (QED) is 0.695. The van der Waals surface area contributed by atoms with Crippen molar-refractivity contribution >= 4 is 62.2 Å². The first-order valence-corrected chi connectivity index (χ1v) is 8.46. The second kappa shape index (κ2) is 6.64. The lowest BCUT2D eigenvalue weighted by Crippen LogP contribution is -2.07. The molecular weight excluding hydrogens is 373 g/mol. The summed E-state index contributed by atoms with van der Waals surface area (Å²) < 4.78 is 1.08. The number of nitrogens with two attached hydrogens (primary N) is 1. The Morgan fingerprint density at radius 2 is 2.11 bits per heavy atom. The summed E-state index contributed by atoms with van der Waals surface area (Å²) in [5.41, 5.74) is 5.84. The molecule has 96 valence electrons. The van der Waals surface area contributed by atoms with Crippen LogP contribution in [0.5, 0.6) is 0 Å². The van der Waals surface area contributed by atoms with Gasteiger partial charge in [-0.2, -0.15) is 0 Å². The van der Waals surface area contributed by atoms with Gasteiger partial charge in [-0.05, 0) is 40.2 Å². The fraction of sp³-hybridized carbons (Fsp3) is 0.167. The summed E-state index contributed by atoms with van der Waals surface area (Å²) in [5.74, 6) is 0. The van der Waals surface area contributed by atoms with Crippen molar-refractivity contribution in [2.24, 2.45) is 5.73 Å². The van der Waals surface area contributed by atoms with E-state index in [9.17, 15) is 0 Å². The van der Waals surface area contributed by atoms with E-state index >= 15 is 0 Å². The number of rotatable bonds is 4. The molecular formula is C12H10BrCl2NS2. The van der Waals surface area contributed by atoms with E-state index in [4.69, 9.17) is 28.9 Å². The molecule has 0 aliphatic rings. The number of thiophene rings is 1. The predicted octanol–water partition coefficient (Wildman–Crippen LogP) is 5.61. The minimum atomic E-state index is 0.192. The second-order valence-corrected chi connectivity index (χ2v) is 7.53. The zero-order chi connectivity index (χ0) is 13.1. The van der Waals surface area contributed by atoms with Crippen LogP contribution in [-0.4, -0.2) is 6.54 Å². The lowest BCUT2D eigenvalue weighted by atomic mass is 10.3. The van der Waals surface area contributed by atoms with Crippen molar-refractivity contribution in [3.05, 3.63) is 49.0 Å². The first kappa shape index (κ1) is 14.7. The van der Waals surface area contributed by atoms with Crippen LogP contribution >= 0.6 is 62.2 Å². The van der Waals surface area contributed by atoms with Crippen LogP contribution in [0, 0.1) is 0 Å². The van der Waals surface area contributed by atoms with Gasteiger partial charge in [-0.25, -0.2) is 0 Å². The lowest BCUT2D eigenvalue weighted by molar-refractivity contribution is 0.960. The minimum absolute atomic E-state index is 0.192. The van der Waals surface area contributed by atoms with Crippen molar-refractivity contribution in [1.29, 1.82) is 0 Å². The van der Waals surface area contributed by atoms with Crippen LogP contribution in [-0.2, 0) is 0 Å². The first-order chi connectivity index (χ1) is 8.60. The highest BCUT2D eigenvalue weighted by Crippen LogP contribution is 2.41. The third-order valence-electron chi connectivity index (χ3n) is 2.28. The monoisotopic (exact) mass is 381 g/mol. The maximum Gasteiger partial charge on any atom is 0.0561 e. The van der Waals surface area contributed by atoms with Crippen molar-refractivity contribution in [2.45, 2.75) is 10.1 Å². The number of benzene rings is 1. The molecule has 1 nitrogen and oxygen atoms in total. The fourth-order valence-corrected chi connectivity index (χ4v) is 4.64. The van der Waals surface area contributed by atoms with E-state index in [0.29, 0.717) is 16.6 Å². The molecule has 2 aromatic rings. The van der Waals surface area contributed by atoms with Gasteiger partial charge >= 0.3 is 0 Å². The van der Waals surface area contributed by atoms with Crippen LogP contribution < -0.4 is 5.73 Å². The van der Waals surface area contributed by atoms with Gasteiger partial charge in [0, 0.05) is 31.2 Å². The van der Waals surface area contributed by atoms with Gasteiger partial charge in [0.15, 0.2) is 0 Å². The van der Waals surface area contributed by atoms with Crippen LogP contribution in [0.2, 0.25) is 10.0 Å². The van der Waals surface area contributed by atoms with E-state index in [1.807, 2.05) is 12.1 Å². The Morgan fingerprint density at radius 1 is 1.33 bits per heavy atom. The minimum Gasteiger partial charge on any atom is -0.329 e. The lowest BCUT2D eigenvalue weighted by Gasteiger charge is -2.13. The number of hydrogen-bond donors (Lipinski definition) is 1. The molecule has 1 heterocycles. The van der Waals surface area contributed by atoms with Gasteiger partial charge in [-0.1, -0.05) is 23.2 Å². The van der Waals surface area contributed by atoms with E-state index in [2.05, 4.69) is 27.4 Å². The summed E-state index contributed by atoms with van der Waals surface area (Å²) in [6.45, 7) is 0.556. The maximum atomic E-state index is 6.16. The van der Waals surface area contributed by atoms with E-state index in [0.717, 1.165) is 9.37 Å². The van der Waals surface area contributed by atoms with Crippen molar-refractivity contribution in [3.63, 3.8) is 0 Å². The predicted molar refractivity (Wildman–Crippen MR) is 86.1 cm³/mol. The molecule has 2 N–H and O–H groups in total. The Kier molecular flexibility index (Phi) is 5.42. The maximum absolute atomic E-state index is 6.16. The SMILES string of the molecule is NCC(Sc1cc(Cl)ccc1Cl)c1cc(Br)cs1. The molecule has 0 bridgehead atoms. The normalized spacial score (nSPS) is 12.7. The molecule has 0 aliphatic heterocycles. The molecule has 1 unspecified atom stereocenters. The Bertz CT molecular complexity index is 545. The highest BCUT2D eigenvalue weighted by Gasteiger charge is 2.15. The number of thioether (sulfide) groups is 1. The first-order valence-electron chi connectivity index (χ1n) is 5.16. The second-order valence-electron chi connectivity index (χ2n) is 3.58. The Balaban J connectivity index is 2.22. The average molecular weight is 383 g/mol. The van der Waals surface area contributed by atoms with Crippen LogP contribution in [0.1, 0.15) is 10.1 Å². The molecule has 0 radical (unpaired) electrons. The molecule has 6 heteroatoms. The molecule has 18 heavy (non-hydrogen) atoms. The van der Waals surface area contributed by atoms with Gasteiger partial charge in [0.25, 0.3) is 0 Å². The van der Waals surface area contributed by atoms with E-state index < -0.39 is 0 Å². The summed E-state index contributed by atoms with van der Waals surface area (Å²) in [7, 11) is 0. The molecule has 0 amide bonds. The van der Waals surface area contributed by atoms with Gasteiger partial charge in [0.2, 0.25) is 0 Å². The summed E-state index contributed by atoms with van der Waals surface area (Å²) >= 11 is 18.9. The Morgan fingerprint density at radius 3 is 2.72 bits per heavy atom. The van der Waals surface area contributed by atoms with Gasteiger partial charge in [0.05, 0.1) is 10.3 Å². The highest BCUT2D eigenvalue weighted by molar-refractivity contribution is 9.10. The zero-order valence-electron chi connectivity index (χ0n) is 9.20. The fourth-order valence-electron chi connectivity index (χ4n) is 1.44. The van der Waals surface area contributed by atoms with E-state index in [1.165, 1.54) is 4.88 Å². The van der Waals surface area contributed by atoms with Gasteiger partial charge < -0.3 is 5.73 Å². The van der Waals surface area contributed by atoms with Crippen molar-refractivity contribution < 1.29 is 0 Å². The molecule has 0 fully saturated rings. The summed E-state index contributed by atoms with van der Waals surface area (Å²) in [4.78, 5) is 2.19. The Labute approximate surface area is 133 Å². The summed E-state index contributed by atoms with van der Waals surface area (Å²) in [6, 6.07) is 7.56. The smallest absolute Gasteiger partial charge is 0.0561 e. The molecule has 0 aliphatic carbocycles. The molecule has 1 aromatic carbocycles. The standard InChI is InChI=1S/C12H10BrCl2NS2/c13-7-3-11(17-6-7)12(5-16)18-10-4-8(14)1-2-9(10)15/h1-4,6,12H,5,16H2.